The van der Waals surface area contributed by atoms with Crippen LogP contribution in [0.15, 0.2) is 18.2 Å². The Hall–Kier alpha value is -1.17. The van der Waals surface area contributed by atoms with E-state index in [-0.39, 0.29) is 6.61 Å². The van der Waals surface area contributed by atoms with Gasteiger partial charge in [-0.25, -0.2) is 0 Å². The molecule has 0 bridgehead atoms. The molecule has 3 heteroatoms. The van der Waals surface area contributed by atoms with E-state index in [0.29, 0.717) is 17.9 Å². The van der Waals surface area contributed by atoms with Gasteiger partial charge >= 0.3 is 0 Å². The molecule has 0 unspecified atom stereocenters. The Kier molecular flexibility index (Phi) is 5.03. The number of aliphatic hydroxyl groups is 1. The third-order valence-corrected chi connectivity index (χ3v) is 2.08. The lowest BCUT2D eigenvalue weighted by molar-refractivity contribution is 0.290. The molecule has 15 heavy (non-hydrogen) atoms. The molecule has 1 rings (SSSR count). The van der Waals surface area contributed by atoms with Crippen molar-refractivity contribution in [1.29, 1.82) is 0 Å². The molecule has 0 heterocycles. The van der Waals surface area contributed by atoms with Gasteiger partial charge in [-0.15, -0.1) is 0 Å². The van der Waals surface area contributed by atoms with E-state index >= 15 is 0 Å². The predicted octanol–water partition coefficient (Wildman–Crippen LogP) is 2.47. The van der Waals surface area contributed by atoms with E-state index in [1.54, 1.807) is 25.3 Å². The van der Waals surface area contributed by atoms with Gasteiger partial charge in [-0.3, -0.25) is 0 Å². The predicted molar refractivity (Wildman–Crippen MR) is 61.2 cm³/mol. The van der Waals surface area contributed by atoms with E-state index in [1.165, 1.54) is 0 Å². The zero-order chi connectivity index (χ0) is 11.1. The third kappa shape index (κ3) is 3.83. The van der Waals surface area contributed by atoms with E-state index < -0.39 is 0 Å². The van der Waals surface area contributed by atoms with E-state index in [4.69, 9.17) is 21.4 Å². The number of methoxy groups -OCH3 is 1. The van der Waals surface area contributed by atoms with Crippen LogP contribution in [0.3, 0.4) is 0 Å². The van der Waals surface area contributed by atoms with Gasteiger partial charge in [0.05, 0.1) is 12.7 Å². The van der Waals surface area contributed by atoms with E-state index in [0.717, 1.165) is 11.3 Å². The number of unbranched alkanes of at least 4 members (excludes halogenated alkanes) is 1. The van der Waals surface area contributed by atoms with Gasteiger partial charge in [-0.2, -0.15) is 0 Å². The zero-order valence-electron chi connectivity index (χ0n) is 8.59. The van der Waals surface area contributed by atoms with Gasteiger partial charge in [0.15, 0.2) is 0 Å². The maximum absolute atomic E-state index is 8.59. The zero-order valence-corrected chi connectivity index (χ0v) is 9.34. The van der Waals surface area contributed by atoms with Gasteiger partial charge in [0.2, 0.25) is 0 Å². The Morgan fingerprint density at radius 2 is 2.27 bits per heavy atom. The van der Waals surface area contributed by atoms with Crippen molar-refractivity contribution in [3.05, 3.63) is 28.8 Å². The Bertz CT molecular complexity index is 377. The Balaban J connectivity index is 2.80. The van der Waals surface area contributed by atoms with Crippen molar-refractivity contribution < 1.29 is 9.84 Å². The summed E-state index contributed by atoms with van der Waals surface area (Å²) in [4.78, 5) is 0. The van der Waals surface area contributed by atoms with Gasteiger partial charge in [0.25, 0.3) is 0 Å². The topological polar surface area (TPSA) is 29.5 Å². The molecule has 0 amide bonds. The van der Waals surface area contributed by atoms with Crippen LogP contribution >= 0.6 is 11.6 Å². The van der Waals surface area contributed by atoms with Crippen LogP contribution in [0.25, 0.3) is 0 Å². The Morgan fingerprint density at radius 1 is 1.47 bits per heavy atom. The molecule has 0 aromatic heterocycles. The fraction of sp³-hybridized carbons (Fsp3) is 0.333. The average Bonchev–Trinajstić information content (AvgIpc) is 2.25. The second kappa shape index (κ2) is 6.34. The number of halogens is 1. The van der Waals surface area contributed by atoms with Crippen molar-refractivity contribution in [2.24, 2.45) is 0 Å². The summed E-state index contributed by atoms with van der Waals surface area (Å²) in [7, 11) is 1.60. The minimum Gasteiger partial charge on any atom is -0.495 e. The molecule has 0 aliphatic rings. The number of hydrogen-bond acceptors (Lipinski definition) is 2. The first-order chi connectivity index (χ1) is 7.27. The smallest absolute Gasteiger partial charge is 0.134 e. The van der Waals surface area contributed by atoms with Gasteiger partial charge in [0.1, 0.15) is 5.75 Å². The van der Waals surface area contributed by atoms with Crippen LogP contribution < -0.4 is 4.74 Å². The number of hydrogen-bond donors (Lipinski definition) is 1. The Morgan fingerprint density at radius 3 is 2.93 bits per heavy atom. The normalized spacial score (nSPS) is 9.27. The van der Waals surface area contributed by atoms with Crippen LogP contribution in [0, 0.1) is 11.8 Å². The standard InChI is InChI=1S/C12H13ClO2/c1-15-12-7-6-11(13)9-10(12)5-3-2-4-8-14/h6-7,9,14H,2,4,8H2,1H3. The highest BCUT2D eigenvalue weighted by molar-refractivity contribution is 6.30. The summed E-state index contributed by atoms with van der Waals surface area (Å²) in [5.41, 5.74) is 0.780. The molecule has 1 N–H and O–H groups in total. The monoisotopic (exact) mass is 224 g/mol. The van der Waals surface area contributed by atoms with E-state index in [1.807, 2.05) is 0 Å². The molecule has 0 aliphatic heterocycles. The number of rotatable bonds is 3. The van der Waals surface area contributed by atoms with Crippen LogP contribution in [0.5, 0.6) is 5.75 Å². The molecule has 0 spiro atoms. The van der Waals surface area contributed by atoms with Crippen molar-refractivity contribution in [2.45, 2.75) is 12.8 Å². The minimum atomic E-state index is 0.168. The molecule has 0 saturated carbocycles. The quantitative estimate of drug-likeness (QED) is 0.632. The fourth-order valence-corrected chi connectivity index (χ4v) is 1.28. The van der Waals surface area contributed by atoms with E-state index in [2.05, 4.69) is 11.8 Å². The summed E-state index contributed by atoms with van der Waals surface area (Å²) in [6, 6.07) is 5.32. The summed E-state index contributed by atoms with van der Waals surface area (Å²) in [5, 5.41) is 9.24. The molecule has 1 aromatic rings. The van der Waals surface area contributed by atoms with Crippen LogP contribution in [-0.4, -0.2) is 18.8 Å². The van der Waals surface area contributed by atoms with Crippen molar-refractivity contribution in [1.82, 2.24) is 0 Å². The number of aliphatic hydroxyl groups excluding tert-OH is 1. The summed E-state index contributed by atoms with van der Waals surface area (Å²) >= 11 is 5.85. The highest BCUT2D eigenvalue weighted by Gasteiger charge is 1.99. The first-order valence-electron chi connectivity index (χ1n) is 4.71. The Labute approximate surface area is 94.8 Å². The molecule has 2 nitrogen and oxygen atoms in total. The van der Waals surface area contributed by atoms with Gasteiger partial charge < -0.3 is 9.84 Å². The van der Waals surface area contributed by atoms with Crippen molar-refractivity contribution in [3.63, 3.8) is 0 Å². The molecule has 0 atom stereocenters. The van der Waals surface area contributed by atoms with Crippen LogP contribution in [0.4, 0.5) is 0 Å². The maximum Gasteiger partial charge on any atom is 0.134 e. The molecule has 0 radical (unpaired) electrons. The summed E-state index contributed by atoms with van der Waals surface area (Å²) in [6.07, 6.45) is 1.36. The minimum absolute atomic E-state index is 0.168. The third-order valence-electron chi connectivity index (χ3n) is 1.84. The average molecular weight is 225 g/mol. The molecule has 80 valence electrons. The second-order valence-corrected chi connectivity index (χ2v) is 3.41. The molecule has 1 aromatic carbocycles. The molecular weight excluding hydrogens is 212 g/mol. The highest BCUT2D eigenvalue weighted by atomic mass is 35.5. The van der Waals surface area contributed by atoms with Crippen LogP contribution in [0.2, 0.25) is 5.02 Å². The lowest BCUT2D eigenvalue weighted by Crippen LogP contribution is -1.87. The van der Waals surface area contributed by atoms with Crippen molar-refractivity contribution >= 4 is 11.6 Å². The maximum atomic E-state index is 8.59. The molecule has 0 saturated heterocycles. The van der Waals surface area contributed by atoms with Gasteiger partial charge in [0, 0.05) is 18.1 Å². The number of benzene rings is 1. The van der Waals surface area contributed by atoms with Crippen molar-refractivity contribution in [2.75, 3.05) is 13.7 Å². The van der Waals surface area contributed by atoms with Gasteiger partial charge in [-0.1, -0.05) is 23.4 Å². The summed E-state index contributed by atoms with van der Waals surface area (Å²) < 4.78 is 5.15. The SMILES string of the molecule is COc1ccc(Cl)cc1C#CCCCO. The first kappa shape index (κ1) is 11.9. The molecular formula is C12H13ClO2. The number of ether oxygens (including phenoxy) is 1. The first-order valence-corrected chi connectivity index (χ1v) is 5.09. The fourth-order valence-electron chi connectivity index (χ4n) is 1.10. The lowest BCUT2D eigenvalue weighted by atomic mass is 10.2. The summed E-state index contributed by atoms with van der Waals surface area (Å²) in [5.74, 6) is 6.64. The summed E-state index contributed by atoms with van der Waals surface area (Å²) in [6.45, 7) is 0.168. The lowest BCUT2D eigenvalue weighted by Gasteiger charge is -2.02. The second-order valence-electron chi connectivity index (χ2n) is 2.97. The van der Waals surface area contributed by atoms with Crippen molar-refractivity contribution in [3.8, 4) is 17.6 Å². The van der Waals surface area contributed by atoms with Gasteiger partial charge in [-0.05, 0) is 24.6 Å². The van der Waals surface area contributed by atoms with Crippen LogP contribution in [-0.2, 0) is 0 Å². The largest absolute Gasteiger partial charge is 0.495 e. The molecule has 0 fully saturated rings. The highest BCUT2D eigenvalue weighted by Crippen LogP contribution is 2.21. The van der Waals surface area contributed by atoms with Crippen LogP contribution in [0.1, 0.15) is 18.4 Å². The molecule has 0 aliphatic carbocycles. The van der Waals surface area contributed by atoms with E-state index in [9.17, 15) is 0 Å².